The minimum Gasteiger partial charge on any atom is -0.496 e. The van der Waals surface area contributed by atoms with Crippen molar-refractivity contribution in [2.24, 2.45) is 0 Å². The molecule has 0 bridgehead atoms. The van der Waals surface area contributed by atoms with Crippen LogP contribution in [0.1, 0.15) is 27.5 Å². The highest BCUT2D eigenvalue weighted by Gasteiger charge is 2.31. The van der Waals surface area contributed by atoms with Crippen molar-refractivity contribution in [1.29, 1.82) is 0 Å². The molecule has 1 N–H and O–H groups in total. The van der Waals surface area contributed by atoms with Gasteiger partial charge in [-0.2, -0.15) is 0 Å². The van der Waals surface area contributed by atoms with E-state index in [9.17, 15) is 4.79 Å². The molecule has 2 aromatic rings. The highest BCUT2D eigenvalue weighted by atomic mass is 35.5. The summed E-state index contributed by atoms with van der Waals surface area (Å²) < 4.78 is 5.48. The monoisotopic (exact) mass is 383 g/mol. The van der Waals surface area contributed by atoms with Crippen molar-refractivity contribution >= 4 is 30.7 Å². The number of rotatable bonds is 3. The number of para-hydroxylation sites is 1. The fourth-order valence-electron chi connectivity index (χ4n) is 3.01. The second kappa shape index (κ2) is 9.61. The van der Waals surface area contributed by atoms with Gasteiger partial charge in [0.25, 0.3) is 5.91 Å². The van der Waals surface area contributed by atoms with E-state index in [2.05, 4.69) is 10.3 Å². The summed E-state index contributed by atoms with van der Waals surface area (Å²) in [6.07, 6.45) is 3.36. The van der Waals surface area contributed by atoms with Gasteiger partial charge in [-0.05, 0) is 24.6 Å². The molecule has 1 aliphatic rings. The maximum atomic E-state index is 13.0. The van der Waals surface area contributed by atoms with Crippen LogP contribution in [0.3, 0.4) is 0 Å². The van der Waals surface area contributed by atoms with Crippen molar-refractivity contribution in [3.8, 4) is 5.75 Å². The molecule has 1 atom stereocenters. The summed E-state index contributed by atoms with van der Waals surface area (Å²) in [4.78, 5) is 19.0. The molecule has 0 radical (unpaired) electrons. The largest absolute Gasteiger partial charge is 0.496 e. The Bertz CT molecular complexity index is 712. The number of ether oxygens (including phenoxy) is 1. The Morgan fingerprint density at radius 2 is 2.04 bits per heavy atom. The third-order valence-electron chi connectivity index (χ3n) is 4.27. The molecule has 25 heavy (non-hydrogen) atoms. The van der Waals surface area contributed by atoms with E-state index in [0.29, 0.717) is 18.7 Å². The molecule has 136 valence electrons. The van der Waals surface area contributed by atoms with Gasteiger partial charge in [0, 0.05) is 37.6 Å². The fraction of sp³-hybridized carbons (Fsp3) is 0.333. The smallest absolute Gasteiger partial charge is 0.256 e. The number of methoxy groups -OCH3 is 1. The number of halogens is 2. The minimum absolute atomic E-state index is 0. The van der Waals surface area contributed by atoms with Crippen molar-refractivity contribution in [2.75, 3.05) is 26.7 Å². The quantitative estimate of drug-likeness (QED) is 0.884. The van der Waals surface area contributed by atoms with Crippen molar-refractivity contribution in [1.82, 2.24) is 15.2 Å². The molecule has 2 heterocycles. The number of amides is 1. The summed E-state index contributed by atoms with van der Waals surface area (Å²) in [5, 5.41) is 3.37. The Hall–Kier alpha value is -1.82. The van der Waals surface area contributed by atoms with Gasteiger partial charge in [-0.3, -0.25) is 9.78 Å². The molecule has 1 unspecified atom stereocenters. The Kier molecular flexibility index (Phi) is 8.16. The van der Waals surface area contributed by atoms with Crippen LogP contribution >= 0.6 is 24.8 Å². The van der Waals surface area contributed by atoms with Crippen LogP contribution in [0.15, 0.2) is 42.7 Å². The second-order valence-electron chi connectivity index (χ2n) is 5.65. The first kappa shape index (κ1) is 21.2. The minimum atomic E-state index is -0.0491. The summed E-state index contributed by atoms with van der Waals surface area (Å²) >= 11 is 0. The van der Waals surface area contributed by atoms with Gasteiger partial charge < -0.3 is 15.0 Å². The third-order valence-corrected chi connectivity index (χ3v) is 4.27. The molecule has 5 nitrogen and oxygen atoms in total. The van der Waals surface area contributed by atoms with Crippen LogP contribution in [0.5, 0.6) is 5.75 Å². The molecule has 1 aromatic carbocycles. The zero-order valence-electron chi connectivity index (χ0n) is 14.3. The first-order valence-electron chi connectivity index (χ1n) is 7.77. The summed E-state index contributed by atoms with van der Waals surface area (Å²) in [5.74, 6) is 0.829. The fourth-order valence-corrected chi connectivity index (χ4v) is 3.01. The maximum absolute atomic E-state index is 13.0. The SMILES string of the molecule is COc1ccccc1C1CNCCN1C(=O)c1cnccc1C.Cl.Cl. The van der Waals surface area contributed by atoms with Crippen LogP contribution in [0, 0.1) is 6.92 Å². The number of hydrogen-bond donors (Lipinski definition) is 1. The van der Waals surface area contributed by atoms with E-state index >= 15 is 0 Å². The number of piperazine rings is 1. The number of carbonyl (C=O) groups is 1. The number of carbonyl (C=O) groups excluding carboxylic acids is 1. The lowest BCUT2D eigenvalue weighted by molar-refractivity contribution is 0.0630. The van der Waals surface area contributed by atoms with Gasteiger partial charge in [0.05, 0.1) is 18.7 Å². The lowest BCUT2D eigenvalue weighted by Crippen LogP contribution is -2.49. The molecule has 3 rings (SSSR count). The first-order valence-corrected chi connectivity index (χ1v) is 7.77. The summed E-state index contributed by atoms with van der Waals surface area (Å²) in [6, 6.07) is 9.69. The van der Waals surface area contributed by atoms with E-state index in [0.717, 1.165) is 23.4 Å². The van der Waals surface area contributed by atoms with Gasteiger partial charge in [-0.15, -0.1) is 24.8 Å². The Balaban J connectivity index is 0.00000156. The summed E-state index contributed by atoms with van der Waals surface area (Å²) in [5.41, 5.74) is 2.63. The van der Waals surface area contributed by atoms with Crippen molar-refractivity contribution in [3.05, 3.63) is 59.4 Å². The number of benzene rings is 1. The van der Waals surface area contributed by atoms with Crippen molar-refractivity contribution < 1.29 is 9.53 Å². The van der Waals surface area contributed by atoms with Crippen molar-refractivity contribution in [2.45, 2.75) is 13.0 Å². The molecular formula is C18H23Cl2N3O2. The number of aryl methyl sites for hydroxylation is 1. The molecule has 0 aliphatic carbocycles. The van der Waals surface area contributed by atoms with Gasteiger partial charge in [-0.25, -0.2) is 0 Å². The number of aromatic nitrogens is 1. The van der Waals surface area contributed by atoms with E-state index < -0.39 is 0 Å². The predicted molar refractivity (Wildman–Crippen MR) is 103 cm³/mol. The Morgan fingerprint density at radius 3 is 2.76 bits per heavy atom. The second-order valence-corrected chi connectivity index (χ2v) is 5.65. The van der Waals surface area contributed by atoms with Crippen LogP contribution in [0.4, 0.5) is 0 Å². The van der Waals surface area contributed by atoms with Gasteiger partial charge in [0.2, 0.25) is 0 Å². The van der Waals surface area contributed by atoms with Gasteiger partial charge in [0.1, 0.15) is 5.75 Å². The number of hydrogen-bond acceptors (Lipinski definition) is 4. The number of nitrogens with zero attached hydrogens (tertiary/aromatic N) is 2. The number of pyridine rings is 1. The topological polar surface area (TPSA) is 54.5 Å². The van der Waals surface area contributed by atoms with Gasteiger partial charge in [0.15, 0.2) is 0 Å². The molecule has 1 saturated heterocycles. The predicted octanol–water partition coefficient (Wildman–Crippen LogP) is 3.03. The lowest BCUT2D eigenvalue weighted by atomic mass is 10.0. The molecule has 7 heteroatoms. The summed E-state index contributed by atoms with van der Waals surface area (Å²) in [6.45, 7) is 4.10. The normalized spacial score (nSPS) is 16.4. The van der Waals surface area contributed by atoms with Gasteiger partial charge in [-0.1, -0.05) is 18.2 Å². The van der Waals surface area contributed by atoms with Crippen LogP contribution in [0.25, 0.3) is 0 Å². The highest BCUT2D eigenvalue weighted by molar-refractivity contribution is 5.95. The standard InChI is InChI=1S/C18H21N3O2.2ClH/c1-13-7-8-19-11-15(13)18(22)21-10-9-20-12-16(21)14-5-3-4-6-17(14)23-2;;/h3-8,11,16,20H,9-10,12H2,1-2H3;2*1H. The molecule has 1 aromatic heterocycles. The van der Waals surface area contributed by atoms with Gasteiger partial charge >= 0.3 is 0 Å². The van der Waals surface area contributed by atoms with E-state index in [1.807, 2.05) is 42.2 Å². The molecule has 0 saturated carbocycles. The molecule has 0 spiro atoms. The average molecular weight is 384 g/mol. The van der Waals surface area contributed by atoms with Crippen LogP contribution in [-0.2, 0) is 0 Å². The van der Waals surface area contributed by atoms with E-state index in [1.54, 1.807) is 19.5 Å². The maximum Gasteiger partial charge on any atom is 0.256 e. The van der Waals surface area contributed by atoms with Crippen LogP contribution < -0.4 is 10.1 Å². The zero-order chi connectivity index (χ0) is 16.2. The number of nitrogens with one attached hydrogen (secondary N) is 1. The Morgan fingerprint density at radius 1 is 1.28 bits per heavy atom. The molecule has 1 amide bonds. The van der Waals surface area contributed by atoms with E-state index in [1.165, 1.54) is 0 Å². The van der Waals surface area contributed by atoms with Crippen LogP contribution in [-0.4, -0.2) is 42.5 Å². The zero-order valence-corrected chi connectivity index (χ0v) is 15.9. The first-order chi connectivity index (χ1) is 11.2. The average Bonchev–Trinajstić information content (AvgIpc) is 2.61. The molecular weight excluding hydrogens is 361 g/mol. The molecule has 1 fully saturated rings. The highest BCUT2D eigenvalue weighted by Crippen LogP contribution is 2.31. The van der Waals surface area contributed by atoms with E-state index in [-0.39, 0.29) is 36.8 Å². The third kappa shape index (κ3) is 4.42. The Labute approximate surface area is 160 Å². The lowest BCUT2D eigenvalue weighted by Gasteiger charge is -2.37. The van der Waals surface area contributed by atoms with Crippen LogP contribution in [0.2, 0.25) is 0 Å². The van der Waals surface area contributed by atoms with Crippen molar-refractivity contribution in [3.63, 3.8) is 0 Å². The summed E-state index contributed by atoms with van der Waals surface area (Å²) in [7, 11) is 1.66. The molecule has 1 aliphatic heterocycles. The van der Waals surface area contributed by atoms with E-state index in [4.69, 9.17) is 4.74 Å².